The van der Waals surface area contributed by atoms with E-state index in [0.717, 1.165) is 30.1 Å². The maximum atomic E-state index is 6.07. The van der Waals surface area contributed by atoms with Crippen molar-refractivity contribution in [3.63, 3.8) is 0 Å². The molecule has 2 N–H and O–H groups in total. The number of nitrogens with one attached hydrogen (secondary N) is 2. The van der Waals surface area contributed by atoms with Crippen molar-refractivity contribution in [2.24, 2.45) is 0 Å². The third-order valence-corrected chi connectivity index (χ3v) is 4.34. The van der Waals surface area contributed by atoms with Crippen LogP contribution in [0, 0.1) is 0 Å². The van der Waals surface area contributed by atoms with Crippen LogP contribution in [-0.4, -0.2) is 26.7 Å². The molecule has 130 valence electrons. The number of halogens is 1. The predicted octanol–water partition coefficient (Wildman–Crippen LogP) is 3.97. The van der Waals surface area contributed by atoms with Gasteiger partial charge < -0.3 is 15.4 Å². The summed E-state index contributed by atoms with van der Waals surface area (Å²) in [4.78, 5) is 0. The molecule has 0 amide bonds. The normalized spacial score (nSPS) is 13.7. The van der Waals surface area contributed by atoms with Gasteiger partial charge in [0.1, 0.15) is 0 Å². The lowest BCUT2D eigenvalue weighted by atomic mass is 10.0. The molecule has 0 aliphatic carbocycles. The second kappa shape index (κ2) is 9.80. The molecule has 2 unspecified atom stereocenters. The molecule has 0 fully saturated rings. The molecule has 2 aromatic carbocycles. The molecular weight excluding hydrogens is 320 g/mol. The molecule has 3 nitrogen and oxygen atoms in total. The van der Waals surface area contributed by atoms with Gasteiger partial charge in [-0.15, -0.1) is 0 Å². The van der Waals surface area contributed by atoms with E-state index >= 15 is 0 Å². The van der Waals surface area contributed by atoms with Crippen molar-refractivity contribution in [1.82, 2.24) is 10.6 Å². The summed E-state index contributed by atoms with van der Waals surface area (Å²) in [5, 5.41) is 7.47. The first kappa shape index (κ1) is 18.9. The molecule has 0 radical (unpaired) electrons. The quantitative estimate of drug-likeness (QED) is 0.720. The van der Waals surface area contributed by atoms with Crippen LogP contribution in [0.2, 0.25) is 5.02 Å². The highest BCUT2D eigenvalue weighted by Gasteiger charge is 2.12. The molecular formula is C20H27ClN2O. The highest BCUT2D eigenvalue weighted by atomic mass is 35.5. The minimum atomic E-state index is 0.00385. The van der Waals surface area contributed by atoms with Crippen molar-refractivity contribution in [2.75, 3.05) is 20.7 Å². The van der Waals surface area contributed by atoms with Crippen LogP contribution in [0.4, 0.5) is 0 Å². The number of ether oxygens (including phenoxy) is 1. The van der Waals surface area contributed by atoms with Crippen LogP contribution in [0.15, 0.2) is 48.5 Å². The summed E-state index contributed by atoms with van der Waals surface area (Å²) in [7, 11) is 3.70. The number of hydrogen-bond donors (Lipinski definition) is 2. The molecule has 0 bridgehead atoms. The van der Waals surface area contributed by atoms with Gasteiger partial charge in [0, 0.05) is 31.3 Å². The largest absolute Gasteiger partial charge is 0.375 e. The van der Waals surface area contributed by atoms with Crippen LogP contribution in [-0.2, 0) is 17.7 Å². The summed E-state index contributed by atoms with van der Waals surface area (Å²) >= 11 is 6.07. The SMILES string of the molecule is CNCc1ccc(CC(C)NCC(OC)c2cccc(Cl)c2)cc1. The van der Waals surface area contributed by atoms with Gasteiger partial charge in [-0.1, -0.05) is 48.0 Å². The van der Waals surface area contributed by atoms with E-state index in [-0.39, 0.29) is 6.10 Å². The first-order valence-corrected chi connectivity index (χ1v) is 8.74. The smallest absolute Gasteiger partial charge is 0.0946 e. The van der Waals surface area contributed by atoms with Gasteiger partial charge in [-0.3, -0.25) is 0 Å². The van der Waals surface area contributed by atoms with Crippen molar-refractivity contribution < 1.29 is 4.74 Å². The zero-order chi connectivity index (χ0) is 17.4. The van der Waals surface area contributed by atoms with E-state index < -0.39 is 0 Å². The second-order valence-electron chi connectivity index (χ2n) is 6.14. The monoisotopic (exact) mass is 346 g/mol. The zero-order valence-corrected chi connectivity index (χ0v) is 15.4. The van der Waals surface area contributed by atoms with Gasteiger partial charge in [0.15, 0.2) is 0 Å². The summed E-state index contributed by atoms with van der Waals surface area (Å²) in [5.74, 6) is 0. The van der Waals surface area contributed by atoms with Crippen molar-refractivity contribution in [3.05, 3.63) is 70.2 Å². The van der Waals surface area contributed by atoms with Gasteiger partial charge in [-0.25, -0.2) is 0 Å². The molecule has 2 atom stereocenters. The van der Waals surface area contributed by atoms with Crippen LogP contribution < -0.4 is 10.6 Å². The molecule has 24 heavy (non-hydrogen) atoms. The van der Waals surface area contributed by atoms with E-state index in [4.69, 9.17) is 16.3 Å². The van der Waals surface area contributed by atoms with Gasteiger partial charge in [0.25, 0.3) is 0 Å². The van der Waals surface area contributed by atoms with Crippen LogP contribution in [0.5, 0.6) is 0 Å². The van der Waals surface area contributed by atoms with Crippen LogP contribution in [0.25, 0.3) is 0 Å². The predicted molar refractivity (Wildman–Crippen MR) is 102 cm³/mol. The van der Waals surface area contributed by atoms with Crippen LogP contribution >= 0.6 is 11.6 Å². The van der Waals surface area contributed by atoms with Gasteiger partial charge in [0.2, 0.25) is 0 Å². The topological polar surface area (TPSA) is 33.3 Å². The van der Waals surface area contributed by atoms with Gasteiger partial charge in [-0.05, 0) is 49.2 Å². The number of methoxy groups -OCH3 is 1. The third kappa shape index (κ3) is 5.91. The summed E-state index contributed by atoms with van der Waals surface area (Å²) in [6, 6.07) is 17.0. The summed E-state index contributed by atoms with van der Waals surface area (Å²) in [6.45, 7) is 3.87. The van der Waals surface area contributed by atoms with Gasteiger partial charge in [-0.2, -0.15) is 0 Å². The van der Waals surface area contributed by atoms with Crippen LogP contribution in [0.1, 0.15) is 29.7 Å². The first-order chi connectivity index (χ1) is 11.6. The van der Waals surface area contributed by atoms with E-state index in [1.54, 1.807) is 7.11 Å². The number of rotatable bonds is 9. The lowest BCUT2D eigenvalue weighted by Crippen LogP contribution is -2.32. The van der Waals surface area contributed by atoms with Crippen molar-refractivity contribution in [1.29, 1.82) is 0 Å². The minimum absolute atomic E-state index is 0.00385. The van der Waals surface area contributed by atoms with E-state index in [1.807, 2.05) is 31.3 Å². The lowest BCUT2D eigenvalue weighted by Gasteiger charge is -2.20. The lowest BCUT2D eigenvalue weighted by molar-refractivity contribution is 0.0999. The Balaban J connectivity index is 1.86. The maximum absolute atomic E-state index is 6.07. The zero-order valence-electron chi connectivity index (χ0n) is 14.7. The summed E-state index contributed by atoms with van der Waals surface area (Å²) < 4.78 is 5.61. The highest BCUT2D eigenvalue weighted by Crippen LogP contribution is 2.20. The van der Waals surface area contributed by atoms with E-state index in [9.17, 15) is 0 Å². The maximum Gasteiger partial charge on any atom is 0.0946 e. The Kier molecular flexibility index (Phi) is 7.73. The molecule has 4 heteroatoms. The fourth-order valence-corrected chi connectivity index (χ4v) is 2.97. The van der Waals surface area contributed by atoms with Crippen molar-refractivity contribution in [3.8, 4) is 0 Å². The minimum Gasteiger partial charge on any atom is -0.375 e. The van der Waals surface area contributed by atoms with Crippen molar-refractivity contribution >= 4 is 11.6 Å². The molecule has 0 saturated carbocycles. The fraction of sp³-hybridized carbons (Fsp3) is 0.400. The first-order valence-electron chi connectivity index (χ1n) is 8.36. The molecule has 0 aromatic heterocycles. The molecule has 0 spiro atoms. The molecule has 0 saturated heterocycles. The summed E-state index contributed by atoms with van der Waals surface area (Å²) in [6.07, 6.45) is 0.996. The van der Waals surface area contributed by atoms with E-state index in [0.29, 0.717) is 6.04 Å². The van der Waals surface area contributed by atoms with E-state index in [2.05, 4.69) is 41.8 Å². The molecule has 2 aromatic rings. The second-order valence-corrected chi connectivity index (χ2v) is 6.58. The Morgan fingerprint density at radius 1 is 1.08 bits per heavy atom. The Labute approximate surface area is 150 Å². The molecule has 0 aliphatic heterocycles. The van der Waals surface area contributed by atoms with Gasteiger partial charge >= 0.3 is 0 Å². The number of benzene rings is 2. The Bertz CT molecular complexity index is 615. The average molecular weight is 347 g/mol. The van der Waals surface area contributed by atoms with E-state index in [1.165, 1.54) is 11.1 Å². The Hall–Kier alpha value is -1.39. The highest BCUT2D eigenvalue weighted by molar-refractivity contribution is 6.30. The van der Waals surface area contributed by atoms with Crippen molar-refractivity contribution in [2.45, 2.75) is 32.0 Å². The third-order valence-electron chi connectivity index (χ3n) is 4.10. The molecule has 0 heterocycles. The average Bonchev–Trinajstić information content (AvgIpc) is 2.57. The standard InChI is InChI=1S/C20H27ClN2O/c1-15(11-16-7-9-17(10-8-16)13-22-2)23-14-20(24-3)18-5-4-6-19(21)12-18/h4-10,12,15,20,22-23H,11,13-14H2,1-3H3. The molecule has 2 rings (SSSR count). The van der Waals surface area contributed by atoms with Crippen LogP contribution in [0.3, 0.4) is 0 Å². The molecule has 0 aliphatic rings. The number of hydrogen-bond acceptors (Lipinski definition) is 3. The Morgan fingerprint density at radius 3 is 2.42 bits per heavy atom. The Morgan fingerprint density at radius 2 is 1.79 bits per heavy atom. The summed E-state index contributed by atoms with van der Waals surface area (Å²) in [5.41, 5.74) is 3.75. The van der Waals surface area contributed by atoms with Gasteiger partial charge in [0.05, 0.1) is 6.10 Å². The fourth-order valence-electron chi connectivity index (χ4n) is 2.78.